The second kappa shape index (κ2) is 9.04. The van der Waals surface area contributed by atoms with E-state index in [-0.39, 0.29) is 23.6 Å². The average Bonchev–Trinajstić information content (AvgIpc) is 2.63. The van der Waals surface area contributed by atoms with Crippen molar-refractivity contribution in [3.63, 3.8) is 0 Å². The van der Waals surface area contributed by atoms with Gasteiger partial charge >= 0.3 is 0 Å². The van der Waals surface area contributed by atoms with Crippen molar-refractivity contribution < 1.29 is 17.6 Å². The molecule has 1 atom stereocenters. The number of benzene rings is 2. The smallest absolute Gasteiger partial charge is 0.248 e. The first-order chi connectivity index (χ1) is 13.2. The van der Waals surface area contributed by atoms with Gasteiger partial charge in [-0.3, -0.25) is 9.10 Å². The number of carbonyl (C=O) groups is 1. The molecule has 2 aromatic rings. The van der Waals surface area contributed by atoms with Crippen LogP contribution in [0.15, 0.2) is 42.5 Å². The van der Waals surface area contributed by atoms with Crippen LogP contribution < -0.4 is 9.62 Å². The van der Waals surface area contributed by atoms with Gasteiger partial charge in [0.1, 0.15) is 11.9 Å². The van der Waals surface area contributed by atoms with Gasteiger partial charge in [-0.1, -0.05) is 30.7 Å². The number of hydrogen-bond donors (Lipinski definition) is 1. The molecule has 2 rings (SSSR count). The number of nitrogens with zero attached hydrogens (tertiary/aromatic N) is 2. The SMILES string of the molecule is CC[C@H](C(=O)Nc1ccc(CC#N)cc1)N(c1ccc(F)c(Cl)c1)S(C)(=O)=O. The third-order valence-corrected chi connectivity index (χ3v) is 5.46. The van der Waals surface area contributed by atoms with Crippen molar-refractivity contribution in [3.05, 3.63) is 58.9 Å². The van der Waals surface area contributed by atoms with Crippen molar-refractivity contribution in [3.8, 4) is 6.07 Å². The van der Waals surface area contributed by atoms with E-state index in [0.29, 0.717) is 5.69 Å². The van der Waals surface area contributed by atoms with Crippen molar-refractivity contribution >= 4 is 38.9 Å². The first kappa shape index (κ1) is 21.7. The number of nitrogens with one attached hydrogen (secondary N) is 1. The highest BCUT2D eigenvalue weighted by Gasteiger charge is 2.32. The Morgan fingerprint density at radius 2 is 1.93 bits per heavy atom. The molecular weight excluding hydrogens is 405 g/mol. The van der Waals surface area contributed by atoms with E-state index < -0.39 is 27.8 Å². The minimum Gasteiger partial charge on any atom is -0.324 e. The molecular formula is C19H19ClFN3O3S. The van der Waals surface area contributed by atoms with Gasteiger partial charge in [0.2, 0.25) is 15.9 Å². The maximum atomic E-state index is 13.5. The number of amides is 1. The highest BCUT2D eigenvalue weighted by Crippen LogP contribution is 2.27. The lowest BCUT2D eigenvalue weighted by atomic mass is 10.1. The van der Waals surface area contributed by atoms with Crippen LogP contribution in [0.1, 0.15) is 18.9 Å². The maximum Gasteiger partial charge on any atom is 0.248 e. The second-order valence-corrected chi connectivity index (χ2v) is 8.37. The van der Waals surface area contributed by atoms with Gasteiger partial charge in [0.25, 0.3) is 0 Å². The standard InChI is InChI=1S/C19H19ClFN3O3S/c1-3-18(19(25)23-14-6-4-13(5-7-14)10-11-22)24(28(2,26)27)15-8-9-17(21)16(20)12-15/h4-9,12,18H,3,10H2,1-2H3,(H,23,25)/t18-/m1/s1. The molecule has 28 heavy (non-hydrogen) atoms. The first-order valence-electron chi connectivity index (χ1n) is 8.38. The summed E-state index contributed by atoms with van der Waals surface area (Å²) in [5.41, 5.74) is 1.36. The summed E-state index contributed by atoms with van der Waals surface area (Å²) in [7, 11) is -3.85. The Labute approximate surface area is 168 Å². The first-order valence-corrected chi connectivity index (χ1v) is 10.6. The van der Waals surface area contributed by atoms with Gasteiger partial charge in [0.15, 0.2) is 0 Å². The summed E-state index contributed by atoms with van der Waals surface area (Å²) in [6.45, 7) is 1.67. The molecule has 0 aliphatic rings. The Bertz CT molecular complexity index is 1000. The van der Waals surface area contributed by atoms with Crippen molar-refractivity contribution in [2.75, 3.05) is 15.9 Å². The molecule has 0 saturated heterocycles. The molecule has 0 aliphatic heterocycles. The lowest BCUT2D eigenvalue weighted by Crippen LogP contribution is -2.47. The quantitative estimate of drug-likeness (QED) is 0.734. The Hall–Kier alpha value is -2.63. The summed E-state index contributed by atoms with van der Waals surface area (Å²) in [5.74, 6) is -1.23. The largest absolute Gasteiger partial charge is 0.324 e. The van der Waals surface area contributed by atoms with Crippen molar-refractivity contribution in [1.29, 1.82) is 5.26 Å². The number of rotatable bonds is 7. The molecule has 0 bridgehead atoms. The van der Waals surface area contributed by atoms with Crippen molar-refractivity contribution in [1.82, 2.24) is 0 Å². The van der Waals surface area contributed by atoms with Gasteiger partial charge in [-0.15, -0.1) is 0 Å². The molecule has 0 aliphatic carbocycles. The Morgan fingerprint density at radius 1 is 1.29 bits per heavy atom. The topological polar surface area (TPSA) is 90.3 Å². The number of anilines is 2. The Kier molecular flexibility index (Phi) is 7.00. The highest BCUT2D eigenvalue weighted by atomic mass is 35.5. The number of carbonyl (C=O) groups excluding carboxylic acids is 1. The molecule has 148 valence electrons. The number of hydrogen-bond acceptors (Lipinski definition) is 4. The Morgan fingerprint density at radius 3 is 2.43 bits per heavy atom. The van der Waals surface area contributed by atoms with Crippen LogP contribution in [0.5, 0.6) is 0 Å². The molecule has 9 heteroatoms. The molecule has 0 aromatic heterocycles. The van der Waals surface area contributed by atoms with E-state index in [4.69, 9.17) is 16.9 Å². The third kappa shape index (κ3) is 5.21. The normalized spacial score (nSPS) is 12.1. The van der Waals surface area contributed by atoms with Crippen LogP contribution in [0.3, 0.4) is 0 Å². The predicted octanol–water partition coefficient (Wildman–Crippen LogP) is 3.73. The summed E-state index contributed by atoms with van der Waals surface area (Å²) < 4.78 is 39.2. The number of sulfonamides is 1. The number of nitriles is 1. The molecule has 0 spiro atoms. The van der Waals surface area contributed by atoms with E-state index in [1.54, 1.807) is 31.2 Å². The van der Waals surface area contributed by atoms with E-state index in [9.17, 15) is 17.6 Å². The molecule has 0 saturated carbocycles. The highest BCUT2D eigenvalue weighted by molar-refractivity contribution is 7.92. The van der Waals surface area contributed by atoms with E-state index in [0.717, 1.165) is 22.2 Å². The number of halogens is 2. The summed E-state index contributed by atoms with van der Waals surface area (Å²) in [6, 6.07) is 11.1. The predicted molar refractivity (Wildman–Crippen MR) is 107 cm³/mol. The molecule has 6 nitrogen and oxygen atoms in total. The minimum atomic E-state index is -3.85. The van der Waals surface area contributed by atoms with Gasteiger partial charge in [-0.2, -0.15) is 5.26 Å². The van der Waals surface area contributed by atoms with Crippen LogP contribution in [-0.2, 0) is 21.2 Å². The van der Waals surface area contributed by atoms with Crippen LogP contribution in [0.25, 0.3) is 0 Å². The molecule has 0 heterocycles. The van der Waals surface area contributed by atoms with Crippen molar-refractivity contribution in [2.45, 2.75) is 25.8 Å². The molecule has 0 unspecified atom stereocenters. The van der Waals surface area contributed by atoms with Gasteiger partial charge in [0.05, 0.1) is 29.5 Å². The average molecular weight is 424 g/mol. The van der Waals surface area contributed by atoms with E-state index >= 15 is 0 Å². The zero-order valence-corrected chi connectivity index (χ0v) is 16.9. The summed E-state index contributed by atoms with van der Waals surface area (Å²) >= 11 is 5.79. The Balaban J connectivity index is 2.33. The van der Waals surface area contributed by atoms with E-state index in [1.165, 1.54) is 12.1 Å². The lowest BCUT2D eigenvalue weighted by molar-refractivity contribution is -0.117. The molecule has 0 radical (unpaired) electrons. The van der Waals surface area contributed by atoms with Crippen LogP contribution in [-0.4, -0.2) is 26.6 Å². The zero-order valence-electron chi connectivity index (χ0n) is 15.3. The third-order valence-electron chi connectivity index (χ3n) is 3.99. The van der Waals surface area contributed by atoms with Crippen LogP contribution >= 0.6 is 11.6 Å². The molecule has 1 amide bonds. The van der Waals surface area contributed by atoms with Crippen LogP contribution in [0.4, 0.5) is 15.8 Å². The van der Waals surface area contributed by atoms with Gasteiger partial charge in [-0.05, 0) is 42.3 Å². The summed E-state index contributed by atoms with van der Waals surface area (Å²) in [6.07, 6.45) is 1.40. The second-order valence-electron chi connectivity index (χ2n) is 6.10. The van der Waals surface area contributed by atoms with Gasteiger partial charge in [0, 0.05) is 5.69 Å². The maximum absolute atomic E-state index is 13.5. The molecule has 0 fully saturated rings. The minimum absolute atomic E-state index is 0.0975. The van der Waals surface area contributed by atoms with E-state index in [1.807, 2.05) is 6.07 Å². The van der Waals surface area contributed by atoms with Crippen LogP contribution in [0.2, 0.25) is 5.02 Å². The molecule has 1 N–H and O–H groups in total. The van der Waals surface area contributed by atoms with Crippen molar-refractivity contribution in [2.24, 2.45) is 0 Å². The molecule has 2 aromatic carbocycles. The van der Waals surface area contributed by atoms with Gasteiger partial charge < -0.3 is 5.32 Å². The fourth-order valence-corrected chi connectivity index (χ4v) is 4.08. The fraction of sp³-hybridized carbons (Fsp3) is 0.263. The zero-order chi connectivity index (χ0) is 20.9. The summed E-state index contributed by atoms with van der Waals surface area (Å²) in [5, 5.41) is 11.1. The summed E-state index contributed by atoms with van der Waals surface area (Å²) in [4.78, 5) is 12.8. The lowest BCUT2D eigenvalue weighted by Gasteiger charge is -2.30. The van der Waals surface area contributed by atoms with E-state index in [2.05, 4.69) is 5.32 Å². The fourth-order valence-electron chi connectivity index (χ4n) is 2.71. The van der Waals surface area contributed by atoms with Gasteiger partial charge in [-0.25, -0.2) is 12.8 Å². The monoisotopic (exact) mass is 423 g/mol. The van der Waals surface area contributed by atoms with Crippen LogP contribution in [0, 0.1) is 17.1 Å².